The van der Waals surface area contributed by atoms with Gasteiger partial charge in [-0.05, 0) is 31.4 Å². The van der Waals surface area contributed by atoms with Crippen molar-refractivity contribution in [2.75, 3.05) is 25.1 Å². The van der Waals surface area contributed by atoms with Crippen molar-refractivity contribution >= 4 is 17.7 Å². The number of primary amides is 1. The molecule has 0 fully saturated rings. The molecule has 1 atom stereocenters. The van der Waals surface area contributed by atoms with E-state index in [9.17, 15) is 4.79 Å². The Balaban J connectivity index is 3.08. The lowest BCUT2D eigenvalue weighted by molar-refractivity contribution is -0.121. The van der Waals surface area contributed by atoms with Crippen molar-refractivity contribution in [3.63, 3.8) is 0 Å². The van der Waals surface area contributed by atoms with E-state index in [-0.39, 0.29) is 11.8 Å². The summed E-state index contributed by atoms with van der Waals surface area (Å²) in [7, 11) is 0. The Hall–Kier alpha value is -0.220. The van der Waals surface area contributed by atoms with Crippen LogP contribution in [-0.2, 0) is 4.79 Å². The third-order valence-electron chi connectivity index (χ3n) is 2.39. The first-order valence-electron chi connectivity index (χ1n) is 5.67. The van der Waals surface area contributed by atoms with Gasteiger partial charge in [-0.25, -0.2) is 0 Å². The fraction of sp³-hybridized carbons (Fsp3) is 0.909. The minimum Gasteiger partial charge on any atom is -0.369 e. The van der Waals surface area contributed by atoms with Gasteiger partial charge in [-0.3, -0.25) is 4.79 Å². The first-order valence-corrected chi connectivity index (χ1v) is 7.06. The Labute approximate surface area is 97.6 Å². The predicted octanol–water partition coefficient (Wildman–Crippen LogP) is 1.62. The fourth-order valence-corrected chi connectivity index (χ4v) is 1.76. The maximum Gasteiger partial charge on any atom is 0.221 e. The van der Waals surface area contributed by atoms with Crippen molar-refractivity contribution in [3.8, 4) is 0 Å². The summed E-state index contributed by atoms with van der Waals surface area (Å²) in [6.45, 7) is 3.56. The number of hydrogen-bond donors (Lipinski definition) is 2. The minimum atomic E-state index is -0.220. The molecule has 1 amide bonds. The third kappa shape index (κ3) is 10.1. The molecule has 3 N–H and O–H groups in total. The van der Waals surface area contributed by atoms with Crippen LogP contribution in [0.4, 0.5) is 0 Å². The number of hydrogen-bond acceptors (Lipinski definition) is 3. The molecule has 0 aliphatic rings. The molecule has 1 unspecified atom stereocenters. The van der Waals surface area contributed by atoms with Crippen LogP contribution >= 0.6 is 11.8 Å². The molecule has 0 bridgehead atoms. The average Bonchev–Trinajstić information content (AvgIpc) is 2.21. The number of nitrogens with two attached hydrogens (primary N) is 1. The number of rotatable bonds is 10. The molecule has 0 rings (SSSR count). The third-order valence-corrected chi connectivity index (χ3v) is 3.09. The van der Waals surface area contributed by atoms with Gasteiger partial charge >= 0.3 is 0 Å². The summed E-state index contributed by atoms with van der Waals surface area (Å²) in [4.78, 5) is 10.7. The molecule has 0 aromatic carbocycles. The van der Waals surface area contributed by atoms with E-state index in [1.807, 2.05) is 18.7 Å². The molecular formula is C11H24N2OS. The number of carbonyl (C=O) groups excluding carboxylic acids is 1. The summed E-state index contributed by atoms with van der Waals surface area (Å²) in [5.74, 6) is 0.996. The Kier molecular flexibility index (Phi) is 10.2. The van der Waals surface area contributed by atoms with Crippen LogP contribution in [0.1, 0.15) is 32.6 Å². The van der Waals surface area contributed by atoms with Gasteiger partial charge in [-0.2, -0.15) is 11.8 Å². The molecule has 0 heterocycles. The van der Waals surface area contributed by atoms with Gasteiger partial charge in [-0.1, -0.05) is 19.8 Å². The number of thioether (sulfide) groups is 1. The largest absolute Gasteiger partial charge is 0.369 e. The predicted molar refractivity (Wildman–Crippen MR) is 68.1 cm³/mol. The van der Waals surface area contributed by atoms with Crippen LogP contribution in [0, 0.1) is 5.92 Å². The van der Waals surface area contributed by atoms with E-state index in [1.54, 1.807) is 0 Å². The minimum absolute atomic E-state index is 0.0542. The molecule has 15 heavy (non-hydrogen) atoms. The molecule has 0 radical (unpaired) electrons. The van der Waals surface area contributed by atoms with Crippen molar-refractivity contribution < 1.29 is 4.79 Å². The lowest BCUT2D eigenvalue weighted by Crippen LogP contribution is -2.31. The average molecular weight is 232 g/mol. The molecule has 3 nitrogen and oxygen atoms in total. The first-order chi connectivity index (χ1) is 7.18. The lowest BCUT2D eigenvalue weighted by atomic mass is 10.1. The Bertz CT molecular complexity index is 165. The molecule has 0 aromatic heterocycles. The van der Waals surface area contributed by atoms with E-state index in [0.717, 1.165) is 6.54 Å². The van der Waals surface area contributed by atoms with Crippen LogP contribution < -0.4 is 11.1 Å². The van der Waals surface area contributed by atoms with Crippen LogP contribution in [0.3, 0.4) is 0 Å². The zero-order valence-electron chi connectivity index (χ0n) is 9.92. The second-order valence-corrected chi connectivity index (χ2v) is 4.90. The van der Waals surface area contributed by atoms with Crippen LogP contribution in [0.15, 0.2) is 0 Å². The summed E-state index contributed by atoms with van der Waals surface area (Å²) in [5, 5.41) is 3.25. The molecule has 0 saturated carbocycles. The molecule has 0 aliphatic carbocycles. The molecule has 0 saturated heterocycles. The Morgan fingerprint density at radius 2 is 2.00 bits per heavy atom. The normalized spacial score (nSPS) is 12.7. The summed E-state index contributed by atoms with van der Waals surface area (Å²) in [5.41, 5.74) is 5.15. The van der Waals surface area contributed by atoms with Crippen LogP contribution in [0.5, 0.6) is 0 Å². The van der Waals surface area contributed by atoms with Gasteiger partial charge in [0.2, 0.25) is 5.91 Å². The molecular weight excluding hydrogens is 208 g/mol. The maximum atomic E-state index is 10.7. The summed E-state index contributed by atoms with van der Waals surface area (Å²) < 4.78 is 0. The Morgan fingerprint density at radius 3 is 2.60 bits per heavy atom. The van der Waals surface area contributed by atoms with E-state index >= 15 is 0 Å². The van der Waals surface area contributed by atoms with Gasteiger partial charge < -0.3 is 11.1 Å². The smallest absolute Gasteiger partial charge is 0.221 e. The zero-order chi connectivity index (χ0) is 11.5. The topological polar surface area (TPSA) is 55.1 Å². The molecule has 0 spiro atoms. The maximum absolute atomic E-state index is 10.7. The van der Waals surface area contributed by atoms with E-state index in [1.165, 1.54) is 31.4 Å². The van der Waals surface area contributed by atoms with Gasteiger partial charge in [0.05, 0.1) is 0 Å². The lowest BCUT2D eigenvalue weighted by Gasteiger charge is -2.08. The van der Waals surface area contributed by atoms with E-state index in [2.05, 4.69) is 11.6 Å². The van der Waals surface area contributed by atoms with Crippen molar-refractivity contribution in [2.45, 2.75) is 32.6 Å². The summed E-state index contributed by atoms with van der Waals surface area (Å²) in [6, 6.07) is 0. The van der Waals surface area contributed by atoms with Crippen molar-refractivity contribution in [3.05, 3.63) is 0 Å². The van der Waals surface area contributed by atoms with Crippen LogP contribution in [0.2, 0.25) is 0 Å². The quantitative estimate of drug-likeness (QED) is 0.563. The first kappa shape index (κ1) is 14.8. The SMILES string of the molecule is CSCCCCCCNCC(C)C(N)=O. The fourth-order valence-electron chi connectivity index (χ4n) is 1.27. The highest BCUT2D eigenvalue weighted by molar-refractivity contribution is 7.98. The standard InChI is InChI=1S/C11H24N2OS/c1-10(11(12)14)9-13-7-5-3-4-6-8-15-2/h10,13H,3-9H2,1-2H3,(H2,12,14). The highest BCUT2D eigenvalue weighted by Gasteiger charge is 2.06. The summed E-state index contributed by atoms with van der Waals surface area (Å²) in [6.07, 6.45) is 7.25. The number of carbonyl (C=O) groups is 1. The van der Waals surface area contributed by atoms with Crippen LogP contribution in [0.25, 0.3) is 0 Å². The summed E-state index contributed by atoms with van der Waals surface area (Å²) >= 11 is 1.91. The highest BCUT2D eigenvalue weighted by atomic mass is 32.2. The van der Waals surface area contributed by atoms with Crippen molar-refractivity contribution in [1.82, 2.24) is 5.32 Å². The zero-order valence-corrected chi connectivity index (χ0v) is 10.7. The highest BCUT2D eigenvalue weighted by Crippen LogP contribution is 2.03. The van der Waals surface area contributed by atoms with E-state index < -0.39 is 0 Å². The number of nitrogens with one attached hydrogen (secondary N) is 1. The van der Waals surface area contributed by atoms with Crippen molar-refractivity contribution in [2.24, 2.45) is 11.7 Å². The van der Waals surface area contributed by atoms with Gasteiger partial charge in [0.15, 0.2) is 0 Å². The molecule has 0 aromatic rings. The van der Waals surface area contributed by atoms with Gasteiger partial charge in [-0.15, -0.1) is 0 Å². The van der Waals surface area contributed by atoms with Gasteiger partial charge in [0, 0.05) is 12.5 Å². The van der Waals surface area contributed by atoms with E-state index in [4.69, 9.17) is 5.73 Å². The molecule has 0 aliphatic heterocycles. The number of amides is 1. The second-order valence-electron chi connectivity index (χ2n) is 3.91. The van der Waals surface area contributed by atoms with Gasteiger partial charge in [0.1, 0.15) is 0 Å². The number of unbranched alkanes of at least 4 members (excludes halogenated alkanes) is 3. The molecule has 4 heteroatoms. The molecule has 90 valence electrons. The Morgan fingerprint density at radius 1 is 1.33 bits per heavy atom. The van der Waals surface area contributed by atoms with Crippen molar-refractivity contribution in [1.29, 1.82) is 0 Å². The van der Waals surface area contributed by atoms with E-state index in [0.29, 0.717) is 6.54 Å². The van der Waals surface area contributed by atoms with Crippen LogP contribution in [-0.4, -0.2) is 31.0 Å². The second kappa shape index (κ2) is 10.3. The monoisotopic (exact) mass is 232 g/mol. The van der Waals surface area contributed by atoms with Gasteiger partial charge in [0.25, 0.3) is 0 Å².